The summed E-state index contributed by atoms with van der Waals surface area (Å²) in [5.41, 5.74) is 5.03. The van der Waals surface area contributed by atoms with Gasteiger partial charge in [0.05, 0.1) is 28.3 Å². The lowest BCUT2D eigenvalue weighted by Gasteiger charge is -2.32. The Hall–Kier alpha value is -2.76. The minimum atomic E-state index is 0.426. The lowest BCUT2D eigenvalue weighted by Crippen LogP contribution is -2.34. The molecule has 0 bridgehead atoms. The molecule has 4 aromatic rings. The van der Waals surface area contributed by atoms with Crippen LogP contribution in [0.4, 0.5) is 0 Å². The van der Waals surface area contributed by atoms with Gasteiger partial charge in [-0.3, -0.25) is 19.3 Å². The quantitative estimate of drug-likeness (QED) is 0.490. The van der Waals surface area contributed by atoms with Gasteiger partial charge in [-0.1, -0.05) is 23.7 Å². The fourth-order valence-electron chi connectivity index (χ4n) is 4.13. The van der Waals surface area contributed by atoms with Crippen LogP contribution >= 0.6 is 11.6 Å². The largest absolute Gasteiger partial charge is 0.297 e. The minimum Gasteiger partial charge on any atom is -0.297 e. The molecule has 1 aliphatic rings. The van der Waals surface area contributed by atoms with Gasteiger partial charge in [-0.25, -0.2) is 4.98 Å². The number of rotatable bonds is 4. The first-order chi connectivity index (χ1) is 14.3. The first-order valence-electron chi connectivity index (χ1n) is 9.98. The van der Waals surface area contributed by atoms with Crippen molar-refractivity contribution < 1.29 is 0 Å². The molecule has 6 heteroatoms. The van der Waals surface area contributed by atoms with Crippen molar-refractivity contribution in [1.82, 2.24) is 24.3 Å². The molecule has 29 heavy (non-hydrogen) atoms. The summed E-state index contributed by atoms with van der Waals surface area (Å²) in [6.07, 6.45) is 7.96. The molecule has 1 saturated heterocycles. The van der Waals surface area contributed by atoms with E-state index >= 15 is 0 Å². The van der Waals surface area contributed by atoms with E-state index in [0.717, 1.165) is 54.5 Å². The zero-order valence-electron chi connectivity index (χ0n) is 16.1. The average Bonchev–Trinajstić information content (AvgIpc) is 3.18. The van der Waals surface area contributed by atoms with Crippen LogP contribution in [0.3, 0.4) is 0 Å². The molecular formula is C23H22ClN5. The molecule has 0 aromatic carbocycles. The molecule has 1 aliphatic heterocycles. The van der Waals surface area contributed by atoms with E-state index in [1.807, 2.05) is 47.3 Å². The van der Waals surface area contributed by atoms with Crippen LogP contribution in [0.25, 0.3) is 17.0 Å². The second-order valence-corrected chi connectivity index (χ2v) is 8.00. The van der Waals surface area contributed by atoms with Crippen LogP contribution in [-0.2, 0) is 6.54 Å². The van der Waals surface area contributed by atoms with Crippen LogP contribution in [0.5, 0.6) is 0 Å². The topological polar surface area (TPSA) is 46.3 Å². The Morgan fingerprint density at radius 1 is 1.03 bits per heavy atom. The summed E-state index contributed by atoms with van der Waals surface area (Å²) in [6, 6.07) is 16.2. The summed E-state index contributed by atoms with van der Waals surface area (Å²) in [5, 5.41) is 0.686. The van der Waals surface area contributed by atoms with Crippen LogP contribution in [0.2, 0.25) is 5.02 Å². The van der Waals surface area contributed by atoms with Crippen molar-refractivity contribution in [1.29, 1.82) is 0 Å². The van der Waals surface area contributed by atoms with E-state index in [9.17, 15) is 0 Å². The first-order valence-corrected chi connectivity index (χ1v) is 10.4. The second-order valence-electron chi connectivity index (χ2n) is 7.56. The molecular weight excluding hydrogens is 382 g/mol. The highest BCUT2D eigenvalue weighted by Gasteiger charge is 2.23. The van der Waals surface area contributed by atoms with E-state index in [0.29, 0.717) is 10.9 Å². The normalized spacial score (nSPS) is 17.6. The van der Waals surface area contributed by atoms with Gasteiger partial charge in [0.2, 0.25) is 0 Å². The number of nitrogens with zero attached hydrogens (tertiary/aromatic N) is 5. The number of likely N-dealkylation sites (tertiary alicyclic amines) is 1. The van der Waals surface area contributed by atoms with E-state index in [1.165, 1.54) is 6.42 Å². The van der Waals surface area contributed by atoms with Gasteiger partial charge >= 0.3 is 0 Å². The molecule has 1 atom stereocenters. The van der Waals surface area contributed by atoms with Gasteiger partial charge < -0.3 is 0 Å². The first kappa shape index (κ1) is 18.3. The predicted molar refractivity (Wildman–Crippen MR) is 115 cm³/mol. The number of piperidine rings is 1. The Kier molecular flexibility index (Phi) is 5.00. The zero-order chi connectivity index (χ0) is 19.6. The van der Waals surface area contributed by atoms with Crippen molar-refractivity contribution in [3.05, 3.63) is 83.5 Å². The number of imidazole rings is 1. The molecule has 0 amide bonds. The van der Waals surface area contributed by atoms with Crippen molar-refractivity contribution in [2.45, 2.75) is 25.3 Å². The Balaban J connectivity index is 1.39. The number of fused-ring (bicyclic) bond motifs is 1. The summed E-state index contributed by atoms with van der Waals surface area (Å²) in [4.78, 5) is 16.5. The third-order valence-electron chi connectivity index (χ3n) is 5.54. The van der Waals surface area contributed by atoms with E-state index in [2.05, 4.69) is 39.1 Å². The summed E-state index contributed by atoms with van der Waals surface area (Å²) in [7, 11) is 0. The van der Waals surface area contributed by atoms with Crippen molar-refractivity contribution in [3.63, 3.8) is 0 Å². The zero-order valence-corrected chi connectivity index (χ0v) is 16.8. The molecule has 5 nitrogen and oxygen atoms in total. The molecule has 0 N–H and O–H groups in total. The Morgan fingerprint density at radius 3 is 2.90 bits per heavy atom. The lowest BCUT2D eigenvalue weighted by atomic mass is 9.94. The SMILES string of the molecule is Clc1ccc2ncc(-c3cccc(C4CCCN(Cc5ccccn5)C4)n3)n2c1. The minimum absolute atomic E-state index is 0.426. The Labute approximate surface area is 175 Å². The fraction of sp³-hybridized carbons (Fsp3) is 0.261. The molecule has 1 unspecified atom stereocenters. The summed E-state index contributed by atoms with van der Waals surface area (Å²) >= 11 is 6.19. The molecule has 0 saturated carbocycles. The number of halogens is 1. The molecule has 5 rings (SSSR count). The molecule has 4 aromatic heterocycles. The lowest BCUT2D eigenvalue weighted by molar-refractivity contribution is 0.196. The smallest absolute Gasteiger partial charge is 0.137 e. The van der Waals surface area contributed by atoms with Crippen molar-refractivity contribution >= 4 is 17.2 Å². The standard InChI is InChI=1S/C23H22ClN5/c24-18-9-10-23-26-13-22(29(23)15-18)21-8-3-7-20(27-21)17-5-4-12-28(14-17)16-19-6-1-2-11-25-19/h1-3,6-11,13,15,17H,4-5,12,14,16H2. The highest BCUT2D eigenvalue weighted by molar-refractivity contribution is 6.30. The van der Waals surface area contributed by atoms with Crippen molar-refractivity contribution in [2.75, 3.05) is 13.1 Å². The highest BCUT2D eigenvalue weighted by Crippen LogP contribution is 2.29. The maximum Gasteiger partial charge on any atom is 0.137 e. The molecule has 5 heterocycles. The van der Waals surface area contributed by atoms with Crippen LogP contribution in [0.15, 0.2) is 67.1 Å². The van der Waals surface area contributed by atoms with E-state index in [-0.39, 0.29) is 0 Å². The molecule has 1 fully saturated rings. The molecule has 0 aliphatic carbocycles. The second kappa shape index (κ2) is 7.93. The van der Waals surface area contributed by atoms with Gasteiger partial charge in [0, 0.05) is 37.1 Å². The number of hydrogen-bond acceptors (Lipinski definition) is 4. The summed E-state index contributed by atoms with van der Waals surface area (Å²) in [6.45, 7) is 3.01. The Bertz CT molecular complexity index is 1120. The average molecular weight is 404 g/mol. The number of aromatic nitrogens is 4. The van der Waals surface area contributed by atoms with Crippen LogP contribution in [0, 0.1) is 0 Å². The van der Waals surface area contributed by atoms with Gasteiger partial charge in [0.15, 0.2) is 0 Å². The molecule has 146 valence electrons. The molecule has 0 spiro atoms. The number of pyridine rings is 3. The Morgan fingerprint density at radius 2 is 2.00 bits per heavy atom. The van der Waals surface area contributed by atoms with E-state index in [4.69, 9.17) is 16.6 Å². The van der Waals surface area contributed by atoms with Crippen LogP contribution in [0.1, 0.15) is 30.1 Å². The van der Waals surface area contributed by atoms with E-state index < -0.39 is 0 Å². The van der Waals surface area contributed by atoms with Crippen LogP contribution < -0.4 is 0 Å². The van der Waals surface area contributed by atoms with Gasteiger partial charge in [-0.05, 0) is 55.8 Å². The predicted octanol–water partition coefficient (Wildman–Crippen LogP) is 4.82. The van der Waals surface area contributed by atoms with Gasteiger partial charge in [-0.2, -0.15) is 0 Å². The van der Waals surface area contributed by atoms with Crippen molar-refractivity contribution in [2.24, 2.45) is 0 Å². The molecule has 0 radical (unpaired) electrons. The van der Waals surface area contributed by atoms with Crippen LogP contribution in [-0.4, -0.2) is 37.3 Å². The summed E-state index contributed by atoms with van der Waals surface area (Å²) in [5.74, 6) is 0.426. The number of hydrogen-bond donors (Lipinski definition) is 0. The third-order valence-corrected chi connectivity index (χ3v) is 5.76. The monoisotopic (exact) mass is 403 g/mol. The fourth-order valence-corrected chi connectivity index (χ4v) is 4.29. The van der Waals surface area contributed by atoms with E-state index in [1.54, 1.807) is 0 Å². The third kappa shape index (κ3) is 3.88. The van der Waals surface area contributed by atoms with Crippen molar-refractivity contribution in [3.8, 4) is 11.4 Å². The maximum atomic E-state index is 6.19. The highest BCUT2D eigenvalue weighted by atomic mass is 35.5. The van der Waals surface area contributed by atoms with Gasteiger partial charge in [-0.15, -0.1) is 0 Å². The maximum absolute atomic E-state index is 6.19. The van der Waals surface area contributed by atoms with Gasteiger partial charge in [0.1, 0.15) is 5.65 Å². The van der Waals surface area contributed by atoms with Gasteiger partial charge in [0.25, 0.3) is 0 Å². The summed E-state index contributed by atoms with van der Waals surface area (Å²) < 4.78 is 2.00.